The number of nitrogens with one attached hydrogen (secondary N) is 2. The third-order valence-corrected chi connectivity index (χ3v) is 6.97. The molecule has 0 spiro atoms. The van der Waals surface area contributed by atoms with Gasteiger partial charge in [0.2, 0.25) is 11.8 Å². The van der Waals surface area contributed by atoms with Gasteiger partial charge in [0, 0.05) is 37.0 Å². The lowest BCUT2D eigenvalue weighted by Gasteiger charge is -2.25. The number of nitrogens with two attached hydrogens (primary N) is 1. The first-order valence-electron chi connectivity index (χ1n) is 12.5. The van der Waals surface area contributed by atoms with Crippen molar-refractivity contribution in [2.24, 2.45) is 5.73 Å². The number of carboxylic acid groups (broad SMARTS) is 1. The van der Waals surface area contributed by atoms with Crippen LogP contribution >= 0.6 is 35.0 Å². The summed E-state index contributed by atoms with van der Waals surface area (Å²) in [6, 6.07) is 9.81. The molecular weight excluding hydrogens is 566 g/mol. The summed E-state index contributed by atoms with van der Waals surface area (Å²) >= 11 is 13.3. The molecular formula is C27H35Cl2FN4O4S. The smallest absolute Gasteiger partial charge is 0.326 e. The topological polar surface area (TPSA) is 125 Å². The van der Waals surface area contributed by atoms with Gasteiger partial charge in [-0.1, -0.05) is 24.3 Å². The molecule has 0 aromatic heterocycles. The van der Waals surface area contributed by atoms with Crippen molar-refractivity contribution in [1.82, 2.24) is 10.6 Å². The summed E-state index contributed by atoms with van der Waals surface area (Å²) in [6.07, 6.45) is 2.34. The van der Waals surface area contributed by atoms with Gasteiger partial charge >= 0.3 is 5.97 Å². The zero-order valence-electron chi connectivity index (χ0n) is 21.7. The van der Waals surface area contributed by atoms with Crippen LogP contribution in [0.2, 0.25) is 0 Å². The Balaban J connectivity index is 2.10. The highest BCUT2D eigenvalue weighted by Crippen LogP contribution is 2.18. The fraction of sp³-hybridized carbons (Fsp3) is 0.444. The Bertz CT molecular complexity index is 1070. The van der Waals surface area contributed by atoms with E-state index in [2.05, 4.69) is 10.6 Å². The van der Waals surface area contributed by atoms with Crippen molar-refractivity contribution in [1.29, 1.82) is 0 Å². The molecule has 8 nitrogen and oxygen atoms in total. The summed E-state index contributed by atoms with van der Waals surface area (Å²) in [5, 5.41) is 15.1. The predicted octanol–water partition coefficient (Wildman–Crippen LogP) is 3.03. The minimum absolute atomic E-state index is 0.0395. The molecule has 2 aromatic carbocycles. The molecule has 0 saturated carbocycles. The zero-order valence-corrected chi connectivity index (χ0v) is 24.1. The largest absolute Gasteiger partial charge is 0.480 e. The zero-order chi connectivity index (χ0) is 28.8. The summed E-state index contributed by atoms with van der Waals surface area (Å²) in [6.45, 7) is 1.16. The van der Waals surface area contributed by atoms with E-state index in [1.165, 1.54) is 36.0 Å². The van der Waals surface area contributed by atoms with Gasteiger partial charge in [0.25, 0.3) is 0 Å². The van der Waals surface area contributed by atoms with Crippen molar-refractivity contribution in [3.63, 3.8) is 0 Å². The molecule has 0 aliphatic rings. The third kappa shape index (κ3) is 11.2. The number of hydrogen-bond donors (Lipinski definition) is 4. The number of nitrogens with zero attached hydrogens (tertiary/aromatic N) is 1. The molecule has 0 unspecified atom stereocenters. The van der Waals surface area contributed by atoms with E-state index in [1.807, 2.05) is 29.4 Å². The average Bonchev–Trinajstić information content (AvgIpc) is 2.91. The average molecular weight is 602 g/mol. The molecule has 2 amide bonds. The van der Waals surface area contributed by atoms with Crippen molar-refractivity contribution < 1.29 is 23.9 Å². The maximum absolute atomic E-state index is 13.2. The van der Waals surface area contributed by atoms with E-state index in [4.69, 9.17) is 28.9 Å². The fourth-order valence-corrected chi connectivity index (χ4v) is 4.79. The quantitative estimate of drug-likeness (QED) is 0.206. The fourth-order valence-electron chi connectivity index (χ4n) is 3.91. The molecule has 0 saturated heterocycles. The Labute approximate surface area is 242 Å². The second-order valence-electron chi connectivity index (χ2n) is 8.92. The van der Waals surface area contributed by atoms with E-state index in [-0.39, 0.29) is 19.3 Å². The van der Waals surface area contributed by atoms with Crippen LogP contribution in [0.5, 0.6) is 0 Å². The number of hydrogen-bond acceptors (Lipinski definition) is 6. The van der Waals surface area contributed by atoms with Gasteiger partial charge < -0.3 is 26.4 Å². The number of aliphatic carboxylic acids is 1. The van der Waals surface area contributed by atoms with Crippen molar-refractivity contribution in [3.8, 4) is 0 Å². The number of halogens is 3. The second-order valence-corrected chi connectivity index (χ2v) is 10.7. The van der Waals surface area contributed by atoms with Crippen LogP contribution in [0.1, 0.15) is 17.5 Å². The van der Waals surface area contributed by atoms with Gasteiger partial charge in [0.1, 0.15) is 17.9 Å². The number of rotatable bonds is 17. The van der Waals surface area contributed by atoms with Crippen LogP contribution in [-0.2, 0) is 27.2 Å². The van der Waals surface area contributed by atoms with Gasteiger partial charge in [-0.2, -0.15) is 11.8 Å². The van der Waals surface area contributed by atoms with Crippen LogP contribution in [-0.4, -0.2) is 77.9 Å². The van der Waals surface area contributed by atoms with Crippen LogP contribution in [0.25, 0.3) is 0 Å². The molecule has 3 atom stereocenters. The summed E-state index contributed by atoms with van der Waals surface area (Å²) in [7, 11) is 0. The lowest BCUT2D eigenvalue weighted by molar-refractivity contribution is -0.142. The Morgan fingerprint density at radius 2 is 1.62 bits per heavy atom. The first-order valence-corrected chi connectivity index (χ1v) is 14.9. The molecule has 0 bridgehead atoms. The van der Waals surface area contributed by atoms with Crippen molar-refractivity contribution >= 4 is 58.4 Å². The van der Waals surface area contributed by atoms with Crippen LogP contribution in [0.15, 0.2) is 48.5 Å². The summed E-state index contributed by atoms with van der Waals surface area (Å²) in [5.74, 6) is -1.39. The highest BCUT2D eigenvalue weighted by atomic mass is 35.5. The number of amides is 2. The Kier molecular flexibility index (Phi) is 14.4. The number of carbonyl (C=O) groups excluding carboxylic acids is 2. The highest BCUT2D eigenvalue weighted by Gasteiger charge is 2.28. The van der Waals surface area contributed by atoms with Gasteiger partial charge in [-0.25, -0.2) is 9.18 Å². The normalized spacial score (nSPS) is 13.3. The number of benzene rings is 2. The maximum atomic E-state index is 13.2. The van der Waals surface area contributed by atoms with Crippen molar-refractivity contribution in [2.75, 3.05) is 41.8 Å². The first kappa shape index (κ1) is 32.7. The standard InChI is InChI=1S/C27H35Cl2FN4O4S/c1-39-14-9-23(32-25(35)22(31)16-18-5-7-20(30)8-6-18)26(36)33-24(27(37)38)17-19-3-2-4-21(15-19)34(12-10-28)13-11-29/h2-8,15,22-24H,9-14,16-17,31H2,1H3,(H,32,35)(H,33,36)(H,37,38)/t22-,23-,24-/m0/s1. The van der Waals surface area contributed by atoms with E-state index in [0.717, 1.165) is 5.69 Å². The molecule has 39 heavy (non-hydrogen) atoms. The van der Waals surface area contributed by atoms with E-state index in [1.54, 1.807) is 6.07 Å². The first-order chi connectivity index (χ1) is 18.7. The molecule has 2 rings (SSSR count). The van der Waals surface area contributed by atoms with E-state index in [9.17, 15) is 23.9 Å². The molecule has 0 fully saturated rings. The lowest BCUT2D eigenvalue weighted by atomic mass is 10.0. The summed E-state index contributed by atoms with van der Waals surface area (Å²) < 4.78 is 13.2. The van der Waals surface area contributed by atoms with Gasteiger partial charge in [-0.15, -0.1) is 23.2 Å². The predicted molar refractivity (Wildman–Crippen MR) is 156 cm³/mol. The highest BCUT2D eigenvalue weighted by molar-refractivity contribution is 7.98. The lowest BCUT2D eigenvalue weighted by Crippen LogP contribution is -2.55. The molecule has 214 valence electrons. The summed E-state index contributed by atoms with van der Waals surface area (Å²) in [5.41, 5.74) is 8.27. The maximum Gasteiger partial charge on any atom is 0.326 e. The second kappa shape index (κ2) is 17.2. The summed E-state index contributed by atoms with van der Waals surface area (Å²) in [4.78, 5) is 40.0. The van der Waals surface area contributed by atoms with Crippen LogP contribution < -0.4 is 21.3 Å². The molecule has 0 aliphatic carbocycles. The number of thioether (sulfide) groups is 1. The van der Waals surface area contributed by atoms with Gasteiger partial charge in [0.15, 0.2) is 0 Å². The van der Waals surface area contributed by atoms with Crippen molar-refractivity contribution in [2.45, 2.75) is 37.4 Å². The Hall–Kier alpha value is -2.53. The number of carboxylic acids is 1. The third-order valence-electron chi connectivity index (χ3n) is 5.99. The SMILES string of the molecule is CSCC[C@H](NC(=O)[C@@H](N)Cc1ccc(F)cc1)C(=O)N[C@@H](Cc1cccc(N(CCCl)CCCl)c1)C(=O)O. The van der Waals surface area contributed by atoms with E-state index < -0.39 is 41.7 Å². The van der Waals surface area contributed by atoms with E-state index >= 15 is 0 Å². The number of alkyl halides is 2. The monoisotopic (exact) mass is 600 g/mol. The molecule has 0 radical (unpaired) electrons. The Morgan fingerprint density at radius 1 is 0.974 bits per heavy atom. The minimum Gasteiger partial charge on any atom is -0.480 e. The number of carbonyl (C=O) groups is 3. The van der Waals surface area contributed by atoms with Gasteiger partial charge in [-0.05, 0) is 60.2 Å². The van der Waals surface area contributed by atoms with Crippen LogP contribution in [0, 0.1) is 5.82 Å². The number of anilines is 1. The van der Waals surface area contributed by atoms with Crippen molar-refractivity contribution in [3.05, 3.63) is 65.5 Å². The minimum atomic E-state index is -1.22. The molecule has 0 heterocycles. The van der Waals surface area contributed by atoms with E-state index in [0.29, 0.717) is 41.7 Å². The van der Waals surface area contributed by atoms with Crippen LogP contribution in [0.3, 0.4) is 0 Å². The Morgan fingerprint density at radius 3 is 2.21 bits per heavy atom. The van der Waals surface area contributed by atoms with Crippen LogP contribution in [0.4, 0.5) is 10.1 Å². The molecule has 5 N–H and O–H groups in total. The molecule has 12 heteroatoms. The molecule has 0 aliphatic heterocycles. The van der Waals surface area contributed by atoms with Gasteiger partial charge in [-0.3, -0.25) is 9.59 Å². The molecule has 2 aromatic rings. The van der Waals surface area contributed by atoms with Gasteiger partial charge in [0.05, 0.1) is 6.04 Å².